The first-order valence-electron chi connectivity index (χ1n) is 7.30. The Morgan fingerprint density at radius 1 is 1.40 bits per heavy atom. The Kier molecular flexibility index (Phi) is 5.52. The molecule has 1 N–H and O–H groups in total. The molecule has 0 aromatic carbocycles. The van der Waals surface area contributed by atoms with Gasteiger partial charge in [0.25, 0.3) is 0 Å². The molecular weight excluding hydrogens is 362 g/mol. The van der Waals surface area contributed by atoms with E-state index in [2.05, 4.69) is 27.1 Å². The van der Waals surface area contributed by atoms with Crippen molar-refractivity contribution in [3.8, 4) is 11.6 Å². The number of pyridine rings is 1. The van der Waals surface area contributed by atoms with Gasteiger partial charge in [-0.05, 0) is 24.3 Å². The van der Waals surface area contributed by atoms with Gasteiger partial charge in [0.05, 0.1) is 17.7 Å². The molecule has 128 valence electrons. The second-order valence-corrected chi connectivity index (χ2v) is 6.16. The molecule has 0 aliphatic carbocycles. The van der Waals surface area contributed by atoms with Crippen molar-refractivity contribution >= 4 is 35.0 Å². The van der Waals surface area contributed by atoms with Gasteiger partial charge in [-0.15, -0.1) is 16.8 Å². The van der Waals surface area contributed by atoms with Crippen molar-refractivity contribution in [3.63, 3.8) is 0 Å². The number of thioether (sulfide) groups is 1. The number of anilines is 1. The van der Waals surface area contributed by atoms with Crippen molar-refractivity contribution in [2.24, 2.45) is 0 Å². The highest BCUT2D eigenvalue weighted by molar-refractivity contribution is 7.99. The first kappa shape index (κ1) is 17.2. The van der Waals surface area contributed by atoms with E-state index in [1.807, 2.05) is 4.57 Å². The molecule has 0 saturated heterocycles. The van der Waals surface area contributed by atoms with E-state index >= 15 is 0 Å². The van der Waals surface area contributed by atoms with Crippen LogP contribution in [0.25, 0.3) is 11.6 Å². The van der Waals surface area contributed by atoms with Crippen LogP contribution in [0.15, 0.2) is 59.0 Å². The normalized spacial score (nSPS) is 10.6. The maximum absolute atomic E-state index is 12.1. The predicted octanol–water partition coefficient (Wildman–Crippen LogP) is 3.50. The summed E-state index contributed by atoms with van der Waals surface area (Å²) in [5.74, 6) is 1.13. The molecule has 25 heavy (non-hydrogen) atoms. The molecule has 0 unspecified atom stereocenters. The van der Waals surface area contributed by atoms with Gasteiger partial charge in [0.15, 0.2) is 16.1 Å². The van der Waals surface area contributed by atoms with Gasteiger partial charge in [0.2, 0.25) is 11.7 Å². The SMILES string of the molecule is C=CCn1c(SCC(=O)Nc2cccnc2Cl)nnc1-c1ccco1. The summed E-state index contributed by atoms with van der Waals surface area (Å²) in [6.45, 7) is 4.24. The average Bonchev–Trinajstić information content (AvgIpc) is 3.25. The lowest BCUT2D eigenvalue weighted by atomic mass is 10.4. The molecule has 0 atom stereocenters. The molecule has 3 heterocycles. The predicted molar refractivity (Wildman–Crippen MR) is 96.5 cm³/mol. The Bertz CT molecular complexity index is 879. The van der Waals surface area contributed by atoms with Gasteiger partial charge in [-0.1, -0.05) is 29.4 Å². The minimum atomic E-state index is -0.215. The number of nitrogens with one attached hydrogen (secondary N) is 1. The van der Waals surface area contributed by atoms with Gasteiger partial charge in [-0.25, -0.2) is 4.98 Å². The third kappa shape index (κ3) is 4.09. The molecule has 1 amide bonds. The van der Waals surface area contributed by atoms with Crippen LogP contribution >= 0.6 is 23.4 Å². The highest BCUT2D eigenvalue weighted by Gasteiger charge is 2.16. The van der Waals surface area contributed by atoms with Crippen LogP contribution in [0.4, 0.5) is 5.69 Å². The smallest absolute Gasteiger partial charge is 0.234 e. The van der Waals surface area contributed by atoms with Gasteiger partial charge in [0.1, 0.15) is 0 Å². The van der Waals surface area contributed by atoms with Crippen LogP contribution in [-0.4, -0.2) is 31.4 Å². The summed E-state index contributed by atoms with van der Waals surface area (Å²) in [7, 11) is 0. The van der Waals surface area contributed by atoms with Gasteiger partial charge in [-0.2, -0.15) is 0 Å². The molecule has 0 aliphatic heterocycles. The largest absolute Gasteiger partial charge is 0.461 e. The van der Waals surface area contributed by atoms with Crippen molar-refractivity contribution in [3.05, 3.63) is 54.5 Å². The third-order valence-electron chi connectivity index (χ3n) is 3.14. The van der Waals surface area contributed by atoms with Crippen LogP contribution < -0.4 is 5.32 Å². The summed E-state index contributed by atoms with van der Waals surface area (Å²) < 4.78 is 7.20. The summed E-state index contributed by atoms with van der Waals surface area (Å²) in [5.41, 5.74) is 0.471. The highest BCUT2D eigenvalue weighted by Crippen LogP contribution is 2.25. The number of allylic oxidation sites excluding steroid dienone is 1. The summed E-state index contributed by atoms with van der Waals surface area (Å²) in [6.07, 6.45) is 4.86. The number of rotatable bonds is 7. The number of furan rings is 1. The van der Waals surface area contributed by atoms with E-state index in [4.69, 9.17) is 16.0 Å². The topological polar surface area (TPSA) is 85.8 Å². The average molecular weight is 376 g/mol. The Morgan fingerprint density at radius 3 is 3.00 bits per heavy atom. The number of aromatic nitrogens is 4. The minimum absolute atomic E-state index is 0.151. The first-order chi connectivity index (χ1) is 12.2. The van der Waals surface area contributed by atoms with Gasteiger partial charge < -0.3 is 9.73 Å². The van der Waals surface area contributed by atoms with Crippen molar-refractivity contribution in [2.75, 3.05) is 11.1 Å². The maximum atomic E-state index is 12.1. The van der Waals surface area contributed by atoms with Crippen LogP contribution in [0.3, 0.4) is 0 Å². The van der Waals surface area contributed by atoms with Crippen LogP contribution in [-0.2, 0) is 11.3 Å². The van der Waals surface area contributed by atoms with E-state index in [0.29, 0.717) is 29.0 Å². The van der Waals surface area contributed by atoms with Crippen LogP contribution in [0.2, 0.25) is 5.15 Å². The summed E-state index contributed by atoms with van der Waals surface area (Å²) >= 11 is 7.19. The van der Waals surface area contributed by atoms with Gasteiger partial charge in [0, 0.05) is 12.7 Å². The monoisotopic (exact) mass is 375 g/mol. The molecule has 0 bridgehead atoms. The molecule has 7 nitrogen and oxygen atoms in total. The Balaban J connectivity index is 1.69. The molecule has 0 radical (unpaired) electrons. The zero-order chi connectivity index (χ0) is 17.6. The number of hydrogen-bond acceptors (Lipinski definition) is 6. The first-order valence-corrected chi connectivity index (χ1v) is 8.66. The molecule has 0 fully saturated rings. The Morgan fingerprint density at radius 2 is 2.28 bits per heavy atom. The fourth-order valence-corrected chi connectivity index (χ4v) is 2.99. The van der Waals surface area contributed by atoms with Crippen LogP contribution in [0, 0.1) is 0 Å². The van der Waals surface area contributed by atoms with E-state index in [1.54, 1.807) is 42.8 Å². The van der Waals surface area contributed by atoms with E-state index in [-0.39, 0.29) is 16.8 Å². The standard InChI is InChI=1S/C16H14ClN5O2S/c1-2-8-22-15(12-6-4-9-24-12)20-21-16(22)25-10-13(23)19-11-5-3-7-18-14(11)17/h2-7,9H,1,8,10H2,(H,19,23). The number of carbonyl (C=O) groups excluding carboxylic acids is 1. The van der Waals surface area contributed by atoms with E-state index < -0.39 is 0 Å². The minimum Gasteiger partial charge on any atom is -0.461 e. The molecule has 3 aromatic heterocycles. The number of amides is 1. The number of carbonyl (C=O) groups is 1. The zero-order valence-electron chi connectivity index (χ0n) is 13.1. The highest BCUT2D eigenvalue weighted by atomic mass is 35.5. The molecule has 0 saturated carbocycles. The van der Waals surface area contributed by atoms with E-state index in [1.165, 1.54) is 11.8 Å². The summed E-state index contributed by atoms with van der Waals surface area (Å²) in [6, 6.07) is 6.97. The number of hydrogen-bond donors (Lipinski definition) is 1. The van der Waals surface area contributed by atoms with Gasteiger partial charge in [-0.3, -0.25) is 9.36 Å². The lowest BCUT2D eigenvalue weighted by Gasteiger charge is -2.07. The number of halogens is 1. The molecule has 0 spiro atoms. The number of nitrogens with zero attached hydrogens (tertiary/aromatic N) is 4. The maximum Gasteiger partial charge on any atom is 0.234 e. The van der Waals surface area contributed by atoms with Crippen molar-refractivity contribution < 1.29 is 9.21 Å². The van der Waals surface area contributed by atoms with E-state index in [0.717, 1.165) is 0 Å². The van der Waals surface area contributed by atoms with E-state index in [9.17, 15) is 4.79 Å². The quantitative estimate of drug-likeness (QED) is 0.386. The van der Waals surface area contributed by atoms with Crippen molar-refractivity contribution in [1.82, 2.24) is 19.7 Å². The fourth-order valence-electron chi connectivity index (χ4n) is 2.07. The van der Waals surface area contributed by atoms with Gasteiger partial charge >= 0.3 is 0 Å². The molecule has 3 rings (SSSR count). The lowest BCUT2D eigenvalue weighted by molar-refractivity contribution is -0.113. The second kappa shape index (κ2) is 8.00. The van der Waals surface area contributed by atoms with Crippen LogP contribution in [0.5, 0.6) is 0 Å². The second-order valence-electron chi connectivity index (χ2n) is 4.86. The Labute approximate surface area is 153 Å². The molecule has 0 aliphatic rings. The van der Waals surface area contributed by atoms with Crippen molar-refractivity contribution in [1.29, 1.82) is 0 Å². The van der Waals surface area contributed by atoms with Crippen molar-refractivity contribution in [2.45, 2.75) is 11.7 Å². The summed E-state index contributed by atoms with van der Waals surface area (Å²) in [5, 5.41) is 11.8. The molecule has 9 heteroatoms. The zero-order valence-corrected chi connectivity index (χ0v) is 14.6. The molecule has 3 aromatic rings. The third-order valence-corrected chi connectivity index (χ3v) is 4.40. The lowest BCUT2D eigenvalue weighted by Crippen LogP contribution is -2.15. The fraction of sp³-hybridized carbons (Fsp3) is 0.125. The van der Waals surface area contributed by atoms with Crippen LogP contribution in [0.1, 0.15) is 0 Å². The Hall–Kier alpha value is -2.58. The summed E-state index contributed by atoms with van der Waals surface area (Å²) in [4.78, 5) is 16.0. The molecular formula is C16H14ClN5O2S.